The summed E-state index contributed by atoms with van der Waals surface area (Å²) in [5.74, 6) is 0.557. The van der Waals surface area contributed by atoms with Gasteiger partial charge in [-0.25, -0.2) is 4.39 Å². The summed E-state index contributed by atoms with van der Waals surface area (Å²) in [5.41, 5.74) is 8.90. The number of aromatic nitrogens is 1. The van der Waals surface area contributed by atoms with Crippen molar-refractivity contribution in [1.82, 2.24) is 4.57 Å². The highest BCUT2D eigenvalue weighted by Crippen LogP contribution is 2.35. The molecule has 2 aromatic rings. The van der Waals surface area contributed by atoms with Crippen LogP contribution in [0.2, 0.25) is 0 Å². The van der Waals surface area contributed by atoms with E-state index in [-0.39, 0.29) is 11.7 Å². The second kappa shape index (κ2) is 4.73. The van der Waals surface area contributed by atoms with E-state index in [2.05, 4.69) is 13.8 Å². The van der Waals surface area contributed by atoms with Gasteiger partial charge >= 0.3 is 0 Å². The average Bonchev–Trinajstić information content (AvgIpc) is 2.56. The zero-order chi connectivity index (χ0) is 13.4. The first-order valence-electron chi connectivity index (χ1n) is 6.42. The van der Waals surface area contributed by atoms with E-state index in [0.29, 0.717) is 18.0 Å². The summed E-state index contributed by atoms with van der Waals surface area (Å²) < 4.78 is 15.9. The molecule has 0 aliphatic carbocycles. The third-order valence-electron chi connectivity index (χ3n) is 3.93. The number of rotatable bonds is 3. The molecule has 1 unspecified atom stereocenters. The van der Waals surface area contributed by atoms with Gasteiger partial charge in [0.05, 0.1) is 5.52 Å². The van der Waals surface area contributed by atoms with Gasteiger partial charge < -0.3 is 10.3 Å². The molecule has 1 aromatic heterocycles. The maximum absolute atomic E-state index is 14.0. The van der Waals surface area contributed by atoms with Gasteiger partial charge in [0, 0.05) is 24.0 Å². The van der Waals surface area contributed by atoms with Crippen LogP contribution in [0, 0.1) is 18.7 Å². The summed E-state index contributed by atoms with van der Waals surface area (Å²) in [6.45, 7) is 6.96. The quantitative estimate of drug-likeness (QED) is 0.887. The minimum absolute atomic E-state index is 0.163. The van der Waals surface area contributed by atoms with Crippen molar-refractivity contribution in [2.45, 2.75) is 26.7 Å². The van der Waals surface area contributed by atoms with Gasteiger partial charge in [-0.05, 0) is 31.0 Å². The highest BCUT2D eigenvalue weighted by atomic mass is 19.1. The first-order valence-corrected chi connectivity index (χ1v) is 6.42. The predicted octanol–water partition coefficient (Wildman–Crippen LogP) is 3.32. The lowest BCUT2D eigenvalue weighted by molar-refractivity contribution is 0.506. The van der Waals surface area contributed by atoms with Crippen LogP contribution in [0.4, 0.5) is 4.39 Å². The SMILES string of the molecule is Cc1c(C(CN)C(C)C)c2cccc(F)c2n1C. The second-order valence-electron chi connectivity index (χ2n) is 5.28. The Balaban J connectivity index is 2.79. The topological polar surface area (TPSA) is 30.9 Å². The molecule has 98 valence electrons. The molecule has 1 heterocycles. The third-order valence-corrected chi connectivity index (χ3v) is 3.93. The van der Waals surface area contributed by atoms with Crippen molar-refractivity contribution < 1.29 is 4.39 Å². The van der Waals surface area contributed by atoms with Crippen LogP contribution in [0.15, 0.2) is 18.2 Å². The monoisotopic (exact) mass is 248 g/mol. The lowest BCUT2D eigenvalue weighted by atomic mass is 9.87. The molecule has 0 radical (unpaired) electrons. The molecule has 2 N–H and O–H groups in total. The Hall–Kier alpha value is -1.35. The fraction of sp³-hybridized carbons (Fsp3) is 0.467. The second-order valence-corrected chi connectivity index (χ2v) is 5.28. The highest BCUT2D eigenvalue weighted by Gasteiger charge is 2.23. The van der Waals surface area contributed by atoms with Crippen molar-refractivity contribution in [2.75, 3.05) is 6.54 Å². The standard InChI is InChI=1S/C15H21FN2/c1-9(2)12(8-17)14-10(3)18(4)15-11(14)6-5-7-13(15)16/h5-7,9,12H,8,17H2,1-4H3. The molecule has 3 heteroatoms. The summed E-state index contributed by atoms with van der Waals surface area (Å²) in [6, 6.07) is 5.28. The molecular weight excluding hydrogens is 227 g/mol. The van der Waals surface area contributed by atoms with Crippen LogP contribution in [0.3, 0.4) is 0 Å². The van der Waals surface area contributed by atoms with E-state index in [4.69, 9.17) is 5.73 Å². The van der Waals surface area contributed by atoms with Gasteiger partial charge in [0.25, 0.3) is 0 Å². The fourth-order valence-electron chi connectivity index (χ4n) is 2.81. The molecule has 0 amide bonds. The Bertz CT molecular complexity index is 569. The third kappa shape index (κ3) is 1.83. The van der Waals surface area contributed by atoms with Gasteiger partial charge in [0.15, 0.2) is 0 Å². The van der Waals surface area contributed by atoms with Crippen molar-refractivity contribution >= 4 is 10.9 Å². The van der Waals surface area contributed by atoms with Crippen molar-refractivity contribution in [2.24, 2.45) is 18.7 Å². The van der Waals surface area contributed by atoms with Crippen LogP contribution < -0.4 is 5.73 Å². The van der Waals surface area contributed by atoms with Crippen LogP contribution in [0.1, 0.15) is 31.0 Å². The van der Waals surface area contributed by atoms with Crippen LogP contribution in [-0.4, -0.2) is 11.1 Å². The predicted molar refractivity (Wildman–Crippen MR) is 74.2 cm³/mol. The normalized spacial score (nSPS) is 13.5. The first-order chi connectivity index (χ1) is 8.49. The number of nitrogens with zero attached hydrogens (tertiary/aromatic N) is 1. The van der Waals surface area contributed by atoms with Gasteiger partial charge in [-0.15, -0.1) is 0 Å². The van der Waals surface area contributed by atoms with E-state index in [1.54, 1.807) is 6.07 Å². The molecule has 0 bridgehead atoms. The number of para-hydroxylation sites is 1. The molecule has 2 rings (SSSR count). The van der Waals surface area contributed by atoms with Crippen molar-refractivity contribution in [3.05, 3.63) is 35.3 Å². The molecular formula is C15H21FN2. The lowest BCUT2D eigenvalue weighted by Crippen LogP contribution is -2.18. The van der Waals surface area contributed by atoms with Crippen LogP contribution in [0.25, 0.3) is 10.9 Å². The molecule has 0 spiro atoms. The first kappa shape index (κ1) is 13.1. The van der Waals surface area contributed by atoms with Gasteiger partial charge in [0.2, 0.25) is 0 Å². The molecule has 0 fully saturated rings. The lowest BCUT2D eigenvalue weighted by Gasteiger charge is -2.20. The molecule has 1 atom stereocenters. The van der Waals surface area contributed by atoms with Crippen LogP contribution >= 0.6 is 0 Å². The maximum atomic E-state index is 14.0. The molecule has 2 nitrogen and oxygen atoms in total. The van der Waals surface area contributed by atoms with E-state index in [1.807, 2.05) is 24.6 Å². The minimum atomic E-state index is -0.163. The summed E-state index contributed by atoms with van der Waals surface area (Å²) in [5, 5.41) is 0.999. The maximum Gasteiger partial charge on any atom is 0.147 e. The summed E-state index contributed by atoms with van der Waals surface area (Å²) >= 11 is 0. The van der Waals surface area contributed by atoms with Crippen LogP contribution in [-0.2, 0) is 7.05 Å². The fourth-order valence-corrected chi connectivity index (χ4v) is 2.81. The molecule has 0 saturated heterocycles. The summed E-state index contributed by atoms with van der Waals surface area (Å²) in [6.07, 6.45) is 0. The number of benzene rings is 1. The highest BCUT2D eigenvalue weighted by molar-refractivity contribution is 5.86. The van der Waals surface area contributed by atoms with Gasteiger partial charge in [-0.3, -0.25) is 0 Å². The van der Waals surface area contributed by atoms with E-state index in [1.165, 1.54) is 11.6 Å². The Labute approximate surface area is 108 Å². The molecule has 1 aromatic carbocycles. The van der Waals surface area contributed by atoms with Crippen molar-refractivity contribution in [3.63, 3.8) is 0 Å². The molecule has 0 aliphatic heterocycles. The Morgan fingerprint density at radius 1 is 1.33 bits per heavy atom. The van der Waals surface area contributed by atoms with Gasteiger partial charge in [0.1, 0.15) is 5.82 Å². The number of hydrogen-bond acceptors (Lipinski definition) is 1. The van der Waals surface area contributed by atoms with Crippen molar-refractivity contribution in [1.29, 1.82) is 0 Å². The molecule has 18 heavy (non-hydrogen) atoms. The number of nitrogens with two attached hydrogens (primary N) is 1. The average molecular weight is 248 g/mol. The minimum Gasteiger partial charge on any atom is -0.345 e. The smallest absolute Gasteiger partial charge is 0.147 e. The largest absolute Gasteiger partial charge is 0.345 e. The zero-order valence-electron chi connectivity index (χ0n) is 11.5. The number of fused-ring (bicyclic) bond motifs is 1. The Kier molecular flexibility index (Phi) is 3.44. The van der Waals surface area contributed by atoms with Gasteiger partial charge in [-0.2, -0.15) is 0 Å². The van der Waals surface area contributed by atoms with Crippen LogP contribution in [0.5, 0.6) is 0 Å². The molecule has 0 aliphatic rings. The summed E-state index contributed by atoms with van der Waals surface area (Å²) in [7, 11) is 1.91. The van der Waals surface area contributed by atoms with E-state index in [0.717, 1.165) is 11.1 Å². The van der Waals surface area contributed by atoms with E-state index >= 15 is 0 Å². The number of halogens is 1. The van der Waals surface area contributed by atoms with E-state index < -0.39 is 0 Å². The number of aryl methyl sites for hydroxylation is 1. The Morgan fingerprint density at radius 3 is 2.56 bits per heavy atom. The molecule has 0 saturated carbocycles. The van der Waals surface area contributed by atoms with E-state index in [9.17, 15) is 4.39 Å². The summed E-state index contributed by atoms with van der Waals surface area (Å²) in [4.78, 5) is 0. The Morgan fingerprint density at radius 2 is 2.00 bits per heavy atom. The number of hydrogen-bond donors (Lipinski definition) is 1. The van der Waals surface area contributed by atoms with Crippen molar-refractivity contribution in [3.8, 4) is 0 Å². The van der Waals surface area contributed by atoms with Gasteiger partial charge in [-0.1, -0.05) is 26.0 Å². The zero-order valence-corrected chi connectivity index (χ0v) is 11.5.